The predicted octanol–water partition coefficient (Wildman–Crippen LogP) is 3.94. The highest BCUT2D eigenvalue weighted by atomic mass is 16.2. The Balaban J connectivity index is 1.47. The molecule has 0 radical (unpaired) electrons. The number of hydrogen-bond acceptors (Lipinski definition) is 4. The van der Waals surface area contributed by atoms with Crippen LogP contribution in [0.1, 0.15) is 49.6 Å². The number of rotatable bonds is 6. The Morgan fingerprint density at radius 3 is 2.55 bits per heavy atom. The molecule has 0 saturated heterocycles. The van der Waals surface area contributed by atoms with E-state index in [2.05, 4.69) is 15.4 Å². The summed E-state index contributed by atoms with van der Waals surface area (Å²) in [5.74, 6) is 0.0611. The van der Waals surface area contributed by atoms with Gasteiger partial charge in [-0.1, -0.05) is 43.7 Å². The summed E-state index contributed by atoms with van der Waals surface area (Å²) in [6.45, 7) is 6.09. The van der Waals surface area contributed by atoms with Crippen LogP contribution in [0.4, 0.5) is 0 Å². The lowest BCUT2D eigenvalue weighted by Gasteiger charge is -2.25. The number of nitrogens with one attached hydrogen (secondary N) is 2. The van der Waals surface area contributed by atoms with E-state index in [4.69, 9.17) is 4.98 Å². The third-order valence-corrected chi connectivity index (χ3v) is 6.50. The van der Waals surface area contributed by atoms with Crippen LogP contribution in [0.5, 0.6) is 0 Å². The Bertz CT molecular complexity index is 1370. The largest absolute Gasteiger partial charge is 0.347 e. The summed E-state index contributed by atoms with van der Waals surface area (Å²) in [5, 5.41) is 6.30. The molecule has 4 aromatic rings. The molecular weight excluding hydrogens is 414 g/mol. The van der Waals surface area contributed by atoms with Crippen LogP contribution in [0.3, 0.4) is 0 Å². The fraction of sp³-hybridized carbons (Fsp3) is 0.308. The normalized spacial score (nSPS) is 15.5. The fourth-order valence-electron chi connectivity index (χ4n) is 4.34. The first-order chi connectivity index (χ1) is 15.9. The highest BCUT2D eigenvalue weighted by Gasteiger charge is 2.51. The first-order valence-electron chi connectivity index (χ1n) is 11.3. The summed E-state index contributed by atoms with van der Waals surface area (Å²) in [4.78, 5) is 35.2. The zero-order valence-electron chi connectivity index (χ0n) is 19.0. The second-order valence-corrected chi connectivity index (χ2v) is 9.27. The zero-order chi connectivity index (χ0) is 23.2. The number of benzene rings is 1. The van der Waals surface area contributed by atoms with Crippen molar-refractivity contribution in [2.24, 2.45) is 5.92 Å². The topological polar surface area (TPSA) is 92.2 Å². The number of aryl methyl sites for hydroxylation is 1. The van der Waals surface area contributed by atoms with Crippen LogP contribution in [0.15, 0.2) is 65.7 Å². The van der Waals surface area contributed by atoms with Gasteiger partial charge in [-0.25, -0.2) is 9.50 Å². The van der Waals surface area contributed by atoms with E-state index >= 15 is 0 Å². The maximum absolute atomic E-state index is 13.4. The number of carbonyl (C=O) groups is 1. The third-order valence-electron chi connectivity index (χ3n) is 6.50. The van der Waals surface area contributed by atoms with Crippen LogP contribution in [0, 0.1) is 12.8 Å². The van der Waals surface area contributed by atoms with E-state index < -0.39 is 5.41 Å². The van der Waals surface area contributed by atoms with Crippen LogP contribution >= 0.6 is 0 Å². The highest BCUT2D eigenvalue weighted by Crippen LogP contribution is 2.49. The van der Waals surface area contributed by atoms with Crippen molar-refractivity contribution in [2.45, 2.75) is 45.1 Å². The number of aromatic amines is 1. The van der Waals surface area contributed by atoms with E-state index in [1.54, 1.807) is 12.4 Å². The molecule has 3 aromatic heterocycles. The monoisotopic (exact) mass is 441 g/mol. The molecule has 3 heterocycles. The number of H-pyrrole nitrogens is 1. The SMILES string of the molecule is Cc1ccc(C2(C(=O)N[C@H](c3cc(=O)n4[nH]c(-c5cccnc5)cc4n3)C(C)C)CC2)cc1. The standard InChI is InChI=1S/C26H27N5O2/c1-16(2)24(29-25(33)26(10-11-26)19-8-6-17(3)7-9-19)21-14-23(32)31-22(28-21)13-20(30-31)18-5-4-12-27-15-18/h4-9,12-16,24,30H,10-11H2,1-3H3,(H,29,33)/t24-/m0/s1. The van der Waals surface area contributed by atoms with Crippen LogP contribution in [0.25, 0.3) is 16.9 Å². The van der Waals surface area contributed by atoms with Gasteiger partial charge in [0.2, 0.25) is 5.91 Å². The second kappa shape index (κ2) is 7.99. The van der Waals surface area contributed by atoms with Crippen molar-refractivity contribution in [3.8, 4) is 11.3 Å². The van der Waals surface area contributed by atoms with E-state index in [0.717, 1.165) is 29.7 Å². The number of pyridine rings is 1. The molecule has 1 aromatic carbocycles. The van der Waals surface area contributed by atoms with Crippen LogP contribution in [-0.4, -0.2) is 25.5 Å². The molecule has 0 spiro atoms. The number of carbonyl (C=O) groups excluding carboxylic acids is 1. The molecule has 168 valence electrons. The molecule has 1 atom stereocenters. The molecule has 7 heteroatoms. The van der Waals surface area contributed by atoms with Crippen molar-refractivity contribution in [1.82, 2.24) is 24.9 Å². The lowest BCUT2D eigenvalue weighted by atomic mass is 9.92. The van der Waals surface area contributed by atoms with E-state index in [1.165, 1.54) is 16.1 Å². The molecule has 7 nitrogen and oxygen atoms in total. The van der Waals surface area contributed by atoms with Gasteiger partial charge in [-0.15, -0.1) is 0 Å². The van der Waals surface area contributed by atoms with E-state index in [1.807, 2.05) is 63.2 Å². The molecule has 0 aliphatic heterocycles. The quantitative estimate of drug-likeness (QED) is 0.474. The number of fused-ring (bicyclic) bond motifs is 1. The van der Waals surface area contributed by atoms with E-state index in [-0.39, 0.29) is 23.4 Å². The van der Waals surface area contributed by atoms with Crippen molar-refractivity contribution in [3.63, 3.8) is 0 Å². The molecule has 1 fully saturated rings. The van der Waals surface area contributed by atoms with Crippen LogP contribution < -0.4 is 10.9 Å². The molecule has 33 heavy (non-hydrogen) atoms. The third kappa shape index (κ3) is 3.84. The van der Waals surface area contributed by atoms with E-state index in [0.29, 0.717) is 11.3 Å². The second-order valence-electron chi connectivity index (χ2n) is 9.27. The van der Waals surface area contributed by atoms with Gasteiger partial charge in [-0.05, 0) is 43.4 Å². The van der Waals surface area contributed by atoms with Gasteiger partial charge < -0.3 is 5.32 Å². The van der Waals surface area contributed by atoms with Gasteiger partial charge >= 0.3 is 0 Å². The summed E-state index contributed by atoms with van der Waals surface area (Å²) in [6, 6.07) is 14.9. The van der Waals surface area contributed by atoms with Gasteiger partial charge in [0.1, 0.15) is 0 Å². The van der Waals surface area contributed by atoms with Gasteiger partial charge in [0.15, 0.2) is 5.65 Å². The number of nitrogens with zero attached hydrogens (tertiary/aromatic N) is 3. The zero-order valence-corrected chi connectivity index (χ0v) is 19.0. The molecule has 1 aliphatic rings. The smallest absolute Gasteiger partial charge is 0.272 e. The van der Waals surface area contributed by atoms with Gasteiger partial charge in [0.05, 0.1) is 22.8 Å². The van der Waals surface area contributed by atoms with Gasteiger partial charge in [0.25, 0.3) is 5.56 Å². The molecule has 0 bridgehead atoms. The lowest BCUT2D eigenvalue weighted by Crippen LogP contribution is -2.40. The number of hydrogen-bond donors (Lipinski definition) is 2. The molecule has 2 N–H and O–H groups in total. The average molecular weight is 442 g/mol. The van der Waals surface area contributed by atoms with Crippen LogP contribution in [0.2, 0.25) is 0 Å². The molecule has 5 rings (SSSR count). The van der Waals surface area contributed by atoms with Gasteiger partial charge in [-0.2, -0.15) is 0 Å². The summed E-state index contributed by atoms with van der Waals surface area (Å²) < 4.78 is 1.42. The Kier molecular flexibility index (Phi) is 5.12. The first kappa shape index (κ1) is 21.1. The number of amides is 1. The molecular formula is C26H27N5O2. The van der Waals surface area contributed by atoms with Crippen LogP contribution in [-0.2, 0) is 10.2 Å². The number of aromatic nitrogens is 4. The van der Waals surface area contributed by atoms with Gasteiger partial charge in [0, 0.05) is 30.1 Å². The molecule has 1 saturated carbocycles. The van der Waals surface area contributed by atoms with Crippen molar-refractivity contribution < 1.29 is 4.79 Å². The minimum atomic E-state index is -0.485. The van der Waals surface area contributed by atoms with Crippen molar-refractivity contribution >= 4 is 11.6 Å². The Hall–Kier alpha value is -3.74. The predicted molar refractivity (Wildman–Crippen MR) is 127 cm³/mol. The highest BCUT2D eigenvalue weighted by molar-refractivity contribution is 5.91. The van der Waals surface area contributed by atoms with Gasteiger partial charge in [-0.3, -0.25) is 19.7 Å². The van der Waals surface area contributed by atoms with Crippen molar-refractivity contribution in [1.29, 1.82) is 0 Å². The Morgan fingerprint density at radius 1 is 1.15 bits per heavy atom. The Morgan fingerprint density at radius 2 is 1.91 bits per heavy atom. The van der Waals surface area contributed by atoms with Crippen molar-refractivity contribution in [2.75, 3.05) is 0 Å². The molecule has 1 amide bonds. The summed E-state index contributed by atoms with van der Waals surface area (Å²) >= 11 is 0. The first-order valence-corrected chi connectivity index (χ1v) is 11.3. The summed E-state index contributed by atoms with van der Waals surface area (Å²) in [6.07, 6.45) is 5.09. The minimum absolute atomic E-state index is 0.00262. The van der Waals surface area contributed by atoms with Crippen molar-refractivity contribution in [3.05, 3.63) is 88.1 Å². The maximum atomic E-state index is 13.4. The molecule has 1 aliphatic carbocycles. The maximum Gasteiger partial charge on any atom is 0.272 e. The Labute approximate surface area is 191 Å². The summed E-state index contributed by atoms with van der Waals surface area (Å²) in [5.41, 5.74) is 4.22. The summed E-state index contributed by atoms with van der Waals surface area (Å²) in [7, 11) is 0. The minimum Gasteiger partial charge on any atom is -0.347 e. The average Bonchev–Trinajstić information content (AvgIpc) is 3.50. The lowest BCUT2D eigenvalue weighted by molar-refractivity contribution is -0.124. The van der Waals surface area contributed by atoms with E-state index in [9.17, 15) is 9.59 Å². The molecule has 0 unspecified atom stereocenters. The fourth-order valence-corrected chi connectivity index (χ4v) is 4.34.